The largest absolute Gasteiger partial charge is 0.480 e. The van der Waals surface area contributed by atoms with Gasteiger partial charge in [-0.15, -0.1) is 0 Å². The first-order chi connectivity index (χ1) is 10.7. The summed E-state index contributed by atoms with van der Waals surface area (Å²) in [5.74, 6) is -3.56. The van der Waals surface area contributed by atoms with E-state index in [9.17, 15) is 22.8 Å². The van der Waals surface area contributed by atoms with Crippen LogP contribution in [0.25, 0.3) is 0 Å². The number of carboxylic acids is 1. The van der Waals surface area contributed by atoms with E-state index < -0.39 is 40.3 Å². The van der Waals surface area contributed by atoms with Gasteiger partial charge in [-0.2, -0.15) is 0 Å². The topological polar surface area (TPSA) is 141 Å². The highest BCUT2D eigenvalue weighted by Crippen LogP contribution is 2.07. The number of carboxylic acid groups (broad SMARTS) is 2. The molecule has 0 heterocycles. The molecule has 0 saturated carbocycles. The third-order valence-electron chi connectivity index (χ3n) is 2.75. The molecule has 0 aliphatic carbocycles. The van der Waals surface area contributed by atoms with Gasteiger partial charge in [0.2, 0.25) is 15.9 Å². The molecule has 1 rings (SSSR count). The monoisotopic (exact) mass is 344 g/mol. The minimum Gasteiger partial charge on any atom is -0.480 e. The summed E-state index contributed by atoms with van der Waals surface area (Å²) in [6.45, 7) is -1.08. The van der Waals surface area contributed by atoms with Gasteiger partial charge in [-0.3, -0.25) is 9.59 Å². The van der Waals surface area contributed by atoms with Crippen LogP contribution in [-0.2, 0) is 26.0 Å². The van der Waals surface area contributed by atoms with E-state index in [0.717, 1.165) is 5.56 Å². The predicted octanol–water partition coefficient (Wildman–Crippen LogP) is -0.260. The molecule has 0 aliphatic heterocycles. The molecular formula is C13H16N2O7S. The molecule has 0 spiro atoms. The molecule has 23 heavy (non-hydrogen) atoms. The SMILES string of the molecule is O=C(O)CNC(=O)CS(=O)(=O)N(CCc1ccccc1)C(=O)O. The van der Waals surface area contributed by atoms with Crippen molar-refractivity contribution in [3.8, 4) is 0 Å². The summed E-state index contributed by atoms with van der Waals surface area (Å²) >= 11 is 0. The van der Waals surface area contributed by atoms with Crippen LogP contribution < -0.4 is 5.32 Å². The zero-order valence-corrected chi connectivity index (χ0v) is 12.8. The number of hydrogen-bond acceptors (Lipinski definition) is 5. The summed E-state index contributed by atoms with van der Waals surface area (Å²) in [6, 6.07) is 8.66. The molecule has 0 saturated heterocycles. The van der Waals surface area contributed by atoms with E-state index in [1.165, 1.54) is 0 Å². The average Bonchev–Trinajstić information content (AvgIpc) is 2.45. The van der Waals surface area contributed by atoms with Crippen molar-refractivity contribution >= 4 is 28.0 Å². The van der Waals surface area contributed by atoms with E-state index in [1.807, 2.05) is 5.32 Å². The second-order valence-corrected chi connectivity index (χ2v) is 6.41. The van der Waals surface area contributed by atoms with Crippen LogP contribution in [0.15, 0.2) is 30.3 Å². The van der Waals surface area contributed by atoms with Crippen molar-refractivity contribution in [2.75, 3.05) is 18.8 Å². The maximum Gasteiger partial charge on any atom is 0.421 e. The van der Waals surface area contributed by atoms with Crippen LogP contribution in [0, 0.1) is 0 Å². The quantitative estimate of drug-likeness (QED) is 0.590. The molecule has 0 aliphatic rings. The Hall–Kier alpha value is -2.62. The molecule has 0 fully saturated rings. The lowest BCUT2D eigenvalue weighted by molar-refractivity contribution is -0.137. The average molecular weight is 344 g/mol. The van der Waals surface area contributed by atoms with Gasteiger partial charge >= 0.3 is 12.1 Å². The third-order valence-corrected chi connectivity index (χ3v) is 4.38. The van der Waals surface area contributed by atoms with Crippen molar-refractivity contribution in [3.63, 3.8) is 0 Å². The van der Waals surface area contributed by atoms with E-state index >= 15 is 0 Å². The van der Waals surface area contributed by atoms with E-state index in [2.05, 4.69) is 0 Å². The summed E-state index contributed by atoms with van der Waals surface area (Å²) in [5.41, 5.74) is 0.740. The zero-order chi connectivity index (χ0) is 17.5. The second kappa shape index (κ2) is 8.13. The standard InChI is InChI=1S/C13H16N2O7S/c16-11(14-8-12(17)18)9-23(21,22)15(13(19)20)7-6-10-4-2-1-3-5-10/h1-5H,6-9H2,(H,14,16)(H,17,18)(H,19,20). The normalized spacial score (nSPS) is 10.8. The maximum absolute atomic E-state index is 12.0. The Morgan fingerprint density at radius 2 is 1.70 bits per heavy atom. The molecule has 1 aromatic carbocycles. The van der Waals surface area contributed by atoms with Gasteiger partial charge in [-0.05, 0) is 12.0 Å². The van der Waals surface area contributed by atoms with Gasteiger partial charge in [0.1, 0.15) is 12.3 Å². The number of nitrogens with zero attached hydrogens (tertiary/aromatic N) is 1. The van der Waals surface area contributed by atoms with Gasteiger partial charge in [0, 0.05) is 6.54 Å². The molecule has 10 heteroatoms. The van der Waals surface area contributed by atoms with Gasteiger partial charge in [0.05, 0.1) is 0 Å². The summed E-state index contributed by atoms with van der Waals surface area (Å²) in [5, 5.41) is 19.3. The van der Waals surface area contributed by atoms with Gasteiger partial charge in [0.25, 0.3) is 0 Å². The maximum atomic E-state index is 12.0. The van der Waals surface area contributed by atoms with Crippen LogP contribution in [0.4, 0.5) is 4.79 Å². The number of carbonyl (C=O) groups excluding carboxylic acids is 1. The van der Waals surface area contributed by atoms with Crippen LogP contribution in [0.5, 0.6) is 0 Å². The number of sulfonamides is 1. The Bertz CT molecular complexity index is 673. The fraction of sp³-hybridized carbons (Fsp3) is 0.308. The van der Waals surface area contributed by atoms with Crippen molar-refractivity contribution < 1.29 is 33.0 Å². The van der Waals surface area contributed by atoms with E-state index in [4.69, 9.17) is 10.2 Å². The molecule has 126 valence electrons. The highest BCUT2D eigenvalue weighted by atomic mass is 32.2. The molecule has 1 aromatic rings. The lowest BCUT2D eigenvalue weighted by atomic mass is 10.1. The molecule has 0 unspecified atom stereocenters. The summed E-state index contributed by atoms with van der Waals surface area (Å²) < 4.78 is 24.2. The zero-order valence-electron chi connectivity index (χ0n) is 12.0. The fourth-order valence-electron chi connectivity index (χ4n) is 1.70. The van der Waals surface area contributed by atoms with Crippen LogP contribution in [0.2, 0.25) is 0 Å². The molecule has 9 nitrogen and oxygen atoms in total. The van der Waals surface area contributed by atoms with Crippen molar-refractivity contribution in [1.29, 1.82) is 0 Å². The van der Waals surface area contributed by atoms with Crippen LogP contribution in [0.3, 0.4) is 0 Å². The predicted molar refractivity (Wildman–Crippen MR) is 79.3 cm³/mol. The molecule has 0 radical (unpaired) electrons. The molecule has 0 atom stereocenters. The molecular weight excluding hydrogens is 328 g/mol. The summed E-state index contributed by atoms with van der Waals surface area (Å²) in [6.07, 6.45) is -1.55. The van der Waals surface area contributed by atoms with Crippen molar-refractivity contribution in [3.05, 3.63) is 35.9 Å². The van der Waals surface area contributed by atoms with Gasteiger partial charge in [0.15, 0.2) is 0 Å². The number of rotatable bonds is 8. The number of aliphatic carboxylic acids is 1. The Balaban J connectivity index is 2.72. The summed E-state index contributed by atoms with van der Waals surface area (Å²) in [7, 11) is -4.41. The smallest absolute Gasteiger partial charge is 0.421 e. The molecule has 3 N–H and O–H groups in total. The van der Waals surface area contributed by atoms with Gasteiger partial charge < -0.3 is 15.5 Å². The molecule has 0 aromatic heterocycles. The number of benzene rings is 1. The minimum atomic E-state index is -4.41. The first-order valence-electron chi connectivity index (χ1n) is 6.48. The van der Waals surface area contributed by atoms with Crippen molar-refractivity contribution in [2.24, 2.45) is 0 Å². The number of hydrogen-bond donors (Lipinski definition) is 3. The first-order valence-corrected chi connectivity index (χ1v) is 8.09. The highest BCUT2D eigenvalue weighted by Gasteiger charge is 2.29. The van der Waals surface area contributed by atoms with Crippen molar-refractivity contribution in [2.45, 2.75) is 6.42 Å². The highest BCUT2D eigenvalue weighted by molar-refractivity contribution is 7.90. The Morgan fingerprint density at radius 1 is 1.09 bits per heavy atom. The molecule has 0 bridgehead atoms. The Morgan fingerprint density at radius 3 is 2.22 bits per heavy atom. The summed E-state index contributed by atoms with van der Waals surface area (Å²) in [4.78, 5) is 32.8. The lowest BCUT2D eigenvalue weighted by Crippen LogP contribution is -2.43. The molecule has 2 amide bonds. The van der Waals surface area contributed by atoms with E-state index in [-0.39, 0.29) is 17.3 Å². The second-order valence-electron chi connectivity index (χ2n) is 4.52. The third kappa shape index (κ3) is 6.34. The minimum absolute atomic E-state index is 0.156. The number of nitrogens with one attached hydrogen (secondary N) is 1. The fourth-order valence-corrected chi connectivity index (χ4v) is 2.89. The first kappa shape index (κ1) is 18.4. The van der Waals surface area contributed by atoms with E-state index in [0.29, 0.717) is 0 Å². The van der Waals surface area contributed by atoms with Gasteiger partial charge in [-0.1, -0.05) is 30.3 Å². The Kier molecular flexibility index (Phi) is 6.51. The van der Waals surface area contributed by atoms with Crippen molar-refractivity contribution in [1.82, 2.24) is 9.62 Å². The van der Waals surface area contributed by atoms with Crippen LogP contribution >= 0.6 is 0 Å². The number of carbonyl (C=O) groups is 3. The Labute approximate surface area is 132 Å². The number of amides is 2. The van der Waals surface area contributed by atoms with Crippen LogP contribution in [-0.4, -0.2) is 59.7 Å². The lowest BCUT2D eigenvalue weighted by Gasteiger charge is -2.18. The van der Waals surface area contributed by atoms with Crippen LogP contribution in [0.1, 0.15) is 5.56 Å². The van der Waals surface area contributed by atoms with E-state index in [1.54, 1.807) is 30.3 Å². The van der Waals surface area contributed by atoms with Gasteiger partial charge in [-0.25, -0.2) is 17.5 Å².